The topological polar surface area (TPSA) is 24.9 Å². The Morgan fingerprint density at radius 2 is 2.06 bits per heavy atom. The van der Waals surface area contributed by atoms with Crippen molar-refractivity contribution in [2.75, 3.05) is 6.54 Å². The van der Waals surface area contributed by atoms with Crippen LogP contribution < -0.4 is 5.32 Å². The minimum absolute atomic E-state index is 0.172. The molecule has 3 heteroatoms. The maximum Gasteiger partial charge on any atom is 0.141 e. The van der Waals surface area contributed by atoms with Gasteiger partial charge < -0.3 is 5.32 Å². The van der Waals surface area contributed by atoms with Gasteiger partial charge in [0.05, 0.1) is 6.20 Å². The van der Waals surface area contributed by atoms with E-state index in [1.807, 2.05) is 0 Å². The molecule has 0 saturated carbocycles. The smallest absolute Gasteiger partial charge is 0.141 e. The lowest BCUT2D eigenvalue weighted by Crippen LogP contribution is -2.42. The number of halogens is 1. The number of rotatable bonds is 5. The van der Waals surface area contributed by atoms with Crippen LogP contribution in [0.15, 0.2) is 18.3 Å². The zero-order valence-electron chi connectivity index (χ0n) is 11.3. The van der Waals surface area contributed by atoms with Crippen molar-refractivity contribution in [1.82, 2.24) is 10.3 Å². The van der Waals surface area contributed by atoms with Crippen LogP contribution in [0.2, 0.25) is 0 Å². The molecule has 0 bridgehead atoms. The molecule has 1 heterocycles. The molecule has 1 N–H and O–H groups in total. The lowest BCUT2D eigenvalue weighted by molar-refractivity contribution is 0.265. The summed E-state index contributed by atoms with van der Waals surface area (Å²) in [6.07, 6.45) is 3.24. The van der Waals surface area contributed by atoms with E-state index >= 15 is 0 Å². The van der Waals surface area contributed by atoms with Crippen molar-refractivity contribution in [2.24, 2.45) is 5.41 Å². The summed E-state index contributed by atoms with van der Waals surface area (Å²) >= 11 is 0. The minimum Gasteiger partial charge on any atom is -0.313 e. The molecule has 0 aliphatic carbocycles. The minimum atomic E-state index is -0.275. The highest BCUT2D eigenvalue weighted by molar-refractivity contribution is 5.07. The molecular weight excluding hydrogens is 215 g/mol. The zero-order valence-corrected chi connectivity index (χ0v) is 11.3. The third kappa shape index (κ3) is 4.82. The number of pyridine rings is 1. The molecule has 0 aromatic carbocycles. The third-order valence-corrected chi connectivity index (χ3v) is 2.89. The van der Waals surface area contributed by atoms with Gasteiger partial charge >= 0.3 is 0 Å². The Hall–Kier alpha value is -0.960. The largest absolute Gasteiger partial charge is 0.313 e. The SMILES string of the molecule is CCCNC(Cc1ccc(F)cn1)C(C)(C)C. The van der Waals surface area contributed by atoms with Gasteiger partial charge in [0.2, 0.25) is 0 Å². The molecular formula is C14H23FN2. The molecule has 0 amide bonds. The van der Waals surface area contributed by atoms with Gasteiger partial charge in [0.25, 0.3) is 0 Å². The Bertz CT molecular complexity index is 327. The maximum atomic E-state index is 12.8. The van der Waals surface area contributed by atoms with Gasteiger partial charge in [0, 0.05) is 18.2 Å². The second-order valence-electron chi connectivity index (χ2n) is 5.54. The van der Waals surface area contributed by atoms with E-state index in [-0.39, 0.29) is 11.2 Å². The highest BCUT2D eigenvalue weighted by Gasteiger charge is 2.24. The van der Waals surface area contributed by atoms with Crippen molar-refractivity contribution < 1.29 is 4.39 Å². The van der Waals surface area contributed by atoms with Crippen LogP contribution in [-0.2, 0) is 6.42 Å². The molecule has 1 unspecified atom stereocenters. The van der Waals surface area contributed by atoms with Gasteiger partial charge in [0.1, 0.15) is 5.82 Å². The molecule has 0 aliphatic rings. The highest BCUT2D eigenvalue weighted by atomic mass is 19.1. The average Bonchev–Trinajstić information content (AvgIpc) is 2.25. The lowest BCUT2D eigenvalue weighted by Gasteiger charge is -2.31. The molecule has 0 saturated heterocycles. The van der Waals surface area contributed by atoms with E-state index < -0.39 is 0 Å². The van der Waals surface area contributed by atoms with Gasteiger partial charge in [0.15, 0.2) is 0 Å². The molecule has 1 rings (SSSR count). The summed E-state index contributed by atoms with van der Waals surface area (Å²) in [6.45, 7) is 9.80. The van der Waals surface area contributed by atoms with E-state index in [0.717, 1.165) is 25.1 Å². The van der Waals surface area contributed by atoms with Crippen LogP contribution in [0.25, 0.3) is 0 Å². The summed E-state index contributed by atoms with van der Waals surface area (Å²) < 4.78 is 12.8. The number of nitrogens with one attached hydrogen (secondary N) is 1. The van der Waals surface area contributed by atoms with E-state index in [1.54, 1.807) is 6.07 Å². The molecule has 0 aliphatic heterocycles. The molecule has 1 atom stereocenters. The Morgan fingerprint density at radius 3 is 2.53 bits per heavy atom. The van der Waals surface area contributed by atoms with E-state index in [0.29, 0.717) is 6.04 Å². The zero-order chi connectivity index (χ0) is 12.9. The standard InChI is InChI=1S/C14H23FN2/c1-5-8-16-13(14(2,3)4)9-12-7-6-11(15)10-17-12/h6-7,10,13,16H,5,8-9H2,1-4H3. The van der Waals surface area contributed by atoms with Crippen LogP contribution in [0.4, 0.5) is 4.39 Å². The summed E-state index contributed by atoms with van der Waals surface area (Å²) in [7, 11) is 0. The summed E-state index contributed by atoms with van der Waals surface area (Å²) in [5.41, 5.74) is 1.11. The maximum absolute atomic E-state index is 12.8. The average molecular weight is 238 g/mol. The van der Waals surface area contributed by atoms with Gasteiger partial charge in [-0.15, -0.1) is 0 Å². The summed E-state index contributed by atoms with van der Waals surface area (Å²) in [4.78, 5) is 4.12. The molecule has 0 fully saturated rings. The Morgan fingerprint density at radius 1 is 1.35 bits per heavy atom. The first-order chi connectivity index (χ1) is 7.93. The molecule has 96 valence electrons. The fourth-order valence-corrected chi connectivity index (χ4v) is 1.74. The first-order valence-electron chi connectivity index (χ1n) is 6.27. The fourth-order valence-electron chi connectivity index (χ4n) is 1.74. The van der Waals surface area contributed by atoms with Crippen molar-refractivity contribution in [3.8, 4) is 0 Å². The van der Waals surface area contributed by atoms with E-state index in [2.05, 4.69) is 38.0 Å². The van der Waals surface area contributed by atoms with E-state index in [1.165, 1.54) is 12.3 Å². The quantitative estimate of drug-likeness (QED) is 0.852. The molecule has 0 radical (unpaired) electrons. The van der Waals surface area contributed by atoms with Crippen molar-refractivity contribution in [2.45, 2.75) is 46.6 Å². The normalized spacial score (nSPS) is 13.7. The number of nitrogens with zero attached hydrogens (tertiary/aromatic N) is 1. The lowest BCUT2D eigenvalue weighted by atomic mass is 9.84. The van der Waals surface area contributed by atoms with Crippen LogP contribution in [0.1, 0.15) is 39.8 Å². The molecule has 1 aromatic rings. The van der Waals surface area contributed by atoms with Gasteiger partial charge in [-0.25, -0.2) is 4.39 Å². The number of aromatic nitrogens is 1. The van der Waals surface area contributed by atoms with Gasteiger partial charge in [-0.2, -0.15) is 0 Å². The van der Waals surface area contributed by atoms with Crippen molar-refractivity contribution in [1.29, 1.82) is 0 Å². The van der Waals surface area contributed by atoms with Crippen LogP contribution >= 0.6 is 0 Å². The van der Waals surface area contributed by atoms with Crippen molar-refractivity contribution >= 4 is 0 Å². The Labute approximate surface area is 104 Å². The number of hydrogen-bond donors (Lipinski definition) is 1. The summed E-state index contributed by atoms with van der Waals surface area (Å²) in [5, 5.41) is 3.54. The Balaban J connectivity index is 2.68. The summed E-state index contributed by atoms with van der Waals surface area (Å²) in [5.74, 6) is -0.275. The molecule has 0 spiro atoms. The monoisotopic (exact) mass is 238 g/mol. The van der Waals surface area contributed by atoms with E-state index in [9.17, 15) is 4.39 Å². The first-order valence-corrected chi connectivity index (χ1v) is 6.27. The highest BCUT2D eigenvalue weighted by Crippen LogP contribution is 2.22. The van der Waals surface area contributed by atoms with Crippen molar-refractivity contribution in [3.63, 3.8) is 0 Å². The van der Waals surface area contributed by atoms with E-state index in [4.69, 9.17) is 0 Å². The molecule has 1 aromatic heterocycles. The summed E-state index contributed by atoms with van der Waals surface area (Å²) in [6, 6.07) is 3.60. The van der Waals surface area contributed by atoms with Crippen LogP contribution in [0.3, 0.4) is 0 Å². The molecule has 2 nitrogen and oxygen atoms in total. The number of hydrogen-bond acceptors (Lipinski definition) is 2. The molecule has 17 heavy (non-hydrogen) atoms. The van der Waals surface area contributed by atoms with Gasteiger partial charge in [-0.3, -0.25) is 4.98 Å². The van der Waals surface area contributed by atoms with Crippen molar-refractivity contribution in [3.05, 3.63) is 29.8 Å². The van der Waals surface area contributed by atoms with Crippen LogP contribution in [-0.4, -0.2) is 17.6 Å². The fraction of sp³-hybridized carbons (Fsp3) is 0.643. The predicted octanol–water partition coefficient (Wildman–Crippen LogP) is 3.18. The second-order valence-corrected chi connectivity index (χ2v) is 5.54. The van der Waals surface area contributed by atoms with Gasteiger partial charge in [-0.1, -0.05) is 27.7 Å². The van der Waals surface area contributed by atoms with Crippen LogP contribution in [0.5, 0.6) is 0 Å². The predicted molar refractivity (Wildman–Crippen MR) is 69.4 cm³/mol. The third-order valence-electron chi connectivity index (χ3n) is 2.89. The second kappa shape index (κ2) is 6.10. The Kier molecular flexibility index (Phi) is 5.06. The first kappa shape index (κ1) is 14.1. The van der Waals surface area contributed by atoms with Gasteiger partial charge in [-0.05, 0) is 30.5 Å². The van der Waals surface area contributed by atoms with Crippen LogP contribution in [0, 0.1) is 11.2 Å².